The van der Waals surface area contributed by atoms with Crippen LogP contribution < -0.4 is 10.6 Å². The van der Waals surface area contributed by atoms with Crippen molar-refractivity contribution in [3.05, 3.63) is 77.0 Å². The van der Waals surface area contributed by atoms with Crippen molar-refractivity contribution in [3.63, 3.8) is 0 Å². The predicted octanol–water partition coefficient (Wildman–Crippen LogP) is 5.24. The van der Waals surface area contributed by atoms with Crippen molar-refractivity contribution in [2.45, 2.75) is 18.8 Å². The molecule has 2 amide bonds. The van der Waals surface area contributed by atoms with Gasteiger partial charge in [-0.1, -0.05) is 30.3 Å². The van der Waals surface area contributed by atoms with E-state index in [1.807, 2.05) is 0 Å². The van der Waals surface area contributed by atoms with Crippen LogP contribution in [0.2, 0.25) is 0 Å². The summed E-state index contributed by atoms with van der Waals surface area (Å²) in [5.74, 6) is 0. The van der Waals surface area contributed by atoms with Gasteiger partial charge < -0.3 is 10.6 Å². The van der Waals surface area contributed by atoms with Crippen LogP contribution in [0.1, 0.15) is 22.3 Å². The number of carbonyl (C=O) groups excluding carboxylic acids is 1. The van der Waals surface area contributed by atoms with Gasteiger partial charge in [0.25, 0.3) is 0 Å². The van der Waals surface area contributed by atoms with Gasteiger partial charge in [0.15, 0.2) is 0 Å². The largest absolute Gasteiger partial charge is 0.416 e. The Hall–Kier alpha value is -2.97. The van der Waals surface area contributed by atoms with Crippen LogP contribution in [0.25, 0.3) is 6.08 Å². The van der Waals surface area contributed by atoms with Crippen LogP contribution in [-0.2, 0) is 18.8 Å². The number of hydrogen-bond donors (Lipinski definition) is 2. The minimum atomic E-state index is -4.43. The summed E-state index contributed by atoms with van der Waals surface area (Å²) in [7, 11) is 0. The average molecular weight is 402 g/mol. The first-order valence-corrected chi connectivity index (χ1v) is 8.10. The zero-order valence-corrected chi connectivity index (χ0v) is 14.4. The Bertz CT molecular complexity index is 826. The summed E-state index contributed by atoms with van der Waals surface area (Å²) in [4.78, 5) is 11.6. The molecule has 0 aliphatic heterocycles. The van der Waals surface area contributed by atoms with Gasteiger partial charge in [-0.2, -0.15) is 26.3 Å². The summed E-state index contributed by atoms with van der Waals surface area (Å²) in [5.41, 5.74) is -0.647. The first kappa shape index (κ1) is 21.3. The molecule has 9 heteroatoms. The summed E-state index contributed by atoms with van der Waals surface area (Å²) in [6, 6.07) is 8.59. The number of halogens is 6. The third-order valence-corrected chi connectivity index (χ3v) is 3.68. The number of urea groups is 1. The summed E-state index contributed by atoms with van der Waals surface area (Å²) in [5, 5.41) is 4.84. The fraction of sp³-hybridized carbons (Fsp3) is 0.211. The number of benzene rings is 2. The van der Waals surface area contributed by atoms with E-state index in [-0.39, 0.29) is 13.0 Å². The standard InChI is InChI=1S/C19H16F6N2O/c20-18(21,22)15-6-4-13(5-7-15)8-10-26-17(28)27-11-9-14-2-1-3-16(12-14)19(23,24)25/h1-8,10,12H,9,11H2,(H2,26,27,28)/b10-8+. The highest BCUT2D eigenvalue weighted by atomic mass is 19.4. The summed E-state index contributed by atoms with van der Waals surface area (Å²) >= 11 is 0. The van der Waals surface area contributed by atoms with Crippen LogP contribution in [0.5, 0.6) is 0 Å². The van der Waals surface area contributed by atoms with Crippen LogP contribution in [0.15, 0.2) is 54.7 Å². The summed E-state index contributed by atoms with van der Waals surface area (Å²) < 4.78 is 75.3. The first-order valence-electron chi connectivity index (χ1n) is 8.10. The molecular formula is C19H16F6N2O. The molecule has 0 aliphatic rings. The Morgan fingerprint density at radius 1 is 0.893 bits per heavy atom. The van der Waals surface area contributed by atoms with E-state index in [9.17, 15) is 31.1 Å². The second-order valence-corrected chi connectivity index (χ2v) is 5.80. The maximum atomic E-state index is 12.6. The Balaban J connectivity index is 1.78. The van der Waals surface area contributed by atoms with Crippen molar-refractivity contribution in [1.29, 1.82) is 0 Å². The molecule has 0 heterocycles. The lowest BCUT2D eigenvalue weighted by atomic mass is 10.1. The zero-order valence-electron chi connectivity index (χ0n) is 14.4. The number of alkyl halides is 6. The number of hydrogen-bond acceptors (Lipinski definition) is 1. The molecule has 2 rings (SSSR count). The van der Waals surface area contributed by atoms with Crippen LogP contribution in [0.3, 0.4) is 0 Å². The van der Waals surface area contributed by atoms with E-state index in [1.165, 1.54) is 36.5 Å². The third kappa shape index (κ3) is 6.64. The smallest absolute Gasteiger partial charge is 0.338 e. The molecule has 150 valence electrons. The van der Waals surface area contributed by atoms with Gasteiger partial charge in [0.05, 0.1) is 11.1 Å². The van der Waals surface area contributed by atoms with E-state index in [0.29, 0.717) is 11.1 Å². The highest BCUT2D eigenvalue weighted by molar-refractivity contribution is 5.75. The Morgan fingerprint density at radius 3 is 2.14 bits per heavy atom. The second kappa shape index (κ2) is 8.81. The lowest BCUT2D eigenvalue weighted by Gasteiger charge is -2.09. The normalized spacial score (nSPS) is 12.2. The molecule has 0 bridgehead atoms. The zero-order chi connectivity index (χ0) is 20.8. The maximum absolute atomic E-state index is 12.6. The maximum Gasteiger partial charge on any atom is 0.416 e. The van der Waals surface area contributed by atoms with Gasteiger partial charge in [0.1, 0.15) is 0 Å². The number of nitrogens with one attached hydrogen (secondary N) is 2. The molecule has 0 saturated carbocycles. The molecule has 0 atom stereocenters. The number of carbonyl (C=O) groups is 1. The third-order valence-electron chi connectivity index (χ3n) is 3.68. The molecule has 28 heavy (non-hydrogen) atoms. The van der Waals surface area contributed by atoms with Crippen molar-refractivity contribution in [2.24, 2.45) is 0 Å². The molecule has 0 aliphatic carbocycles. The molecule has 2 aromatic rings. The van der Waals surface area contributed by atoms with Gasteiger partial charge in [-0.05, 0) is 41.8 Å². The van der Waals surface area contributed by atoms with Gasteiger partial charge in [-0.25, -0.2) is 4.79 Å². The van der Waals surface area contributed by atoms with E-state index in [2.05, 4.69) is 10.6 Å². The van der Waals surface area contributed by atoms with E-state index < -0.39 is 29.5 Å². The summed E-state index contributed by atoms with van der Waals surface area (Å²) in [6.45, 7) is 0.112. The van der Waals surface area contributed by atoms with Gasteiger partial charge in [-0.15, -0.1) is 0 Å². The van der Waals surface area contributed by atoms with E-state index in [1.54, 1.807) is 0 Å². The molecule has 3 nitrogen and oxygen atoms in total. The monoisotopic (exact) mass is 402 g/mol. The molecule has 0 saturated heterocycles. The molecular weight excluding hydrogens is 386 g/mol. The Labute approximate surface area is 157 Å². The minimum Gasteiger partial charge on any atom is -0.338 e. The molecule has 0 unspecified atom stereocenters. The Morgan fingerprint density at radius 2 is 1.54 bits per heavy atom. The van der Waals surface area contributed by atoms with Crippen LogP contribution in [-0.4, -0.2) is 12.6 Å². The van der Waals surface area contributed by atoms with Crippen molar-refractivity contribution >= 4 is 12.1 Å². The average Bonchev–Trinajstić information content (AvgIpc) is 2.61. The fourth-order valence-corrected chi connectivity index (χ4v) is 2.27. The van der Waals surface area contributed by atoms with E-state index in [4.69, 9.17) is 0 Å². The lowest BCUT2D eigenvalue weighted by molar-refractivity contribution is -0.138. The molecule has 0 fully saturated rings. The van der Waals surface area contributed by atoms with Crippen LogP contribution in [0.4, 0.5) is 31.1 Å². The molecule has 2 N–H and O–H groups in total. The van der Waals surface area contributed by atoms with E-state index >= 15 is 0 Å². The lowest BCUT2D eigenvalue weighted by Crippen LogP contribution is -2.33. The summed E-state index contributed by atoms with van der Waals surface area (Å²) in [6.07, 6.45) is -5.97. The van der Waals surface area contributed by atoms with Crippen LogP contribution >= 0.6 is 0 Å². The van der Waals surface area contributed by atoms with E-state index in [0.717, 1.165) is 24.3 Å². The van der Waals surface area contributed by atoms with Crippen molar-refractivity contribution in [2.75, 3.05) is 6.54 Å². The SMILES string of the molecule is O=C(N/C=C/c1ccc(C(F)(F)F)cc1)NCCc1cccc(C(F)(F)F)c1. The quantitative estimate of drug-likeness (QED) is 0.660. The van der Waals surface area contributed by atoms with Crippen molar-refractivity contribution in [1.82, 2.24) is 10.6 Å². The topological polar surface area (TPSA) is 41.1 Å². The Kier molecular flexibility index (Phi) is 6.71. The molecule has 0 radical (unpaired) electrons. The molecule has 0 aromatic heterocycles. The molecule has 2 aromatic carbocycles. The van der Waals surface area contributed by atoms with Crippen molar-refractivity contribution in [3.8, 4) is 0 Å². The highest BCUT2D eigenvalue weighted by Gasteiger charge is 2.30. The van der Waals surface area contributed by atoms with Gasteiger partial charge in [0, 0.05) is 12.7 Å². The van der Waals surface area contributed by atoms with Crippen molar-refractivity contribution < 1.29 is 31.1 Å². The van der Waals surface area contributed by atoms with Gasteiger partial charge in [0.2, 0.25) is 0 Å². The first-order chi connectivity index (χ1) is 13.1. The highest BCUT2D eigenvalue weighted by Crippen LogP contribution is 2.30. The number of rotatable bonds is 5. The minimum absolute atomic E-state index is 0.112. The fourth-order valence-electron chi connectivity index (χ4n) is 2.27. The molecule has 0 spiro atoms. The predicted molar refractivity (Wildman–Crippen MR) is 92.2 cm³/mol. The second-order valence-electron chi connectivity index (χ2n) is 5.80. The van der Waals surface area contributed by atoms with Crippen LogP contribution in [0, 0.1) is 0 Å². The van der Waals surface area contributed by atoms with Gasteiger partial charge >= 0.3 is 18.4 Å². The number of amides is 2. The van der Waals surface area contributed by atoms with Gasteiger partial charge in [-0.3, -0.25) is 0 Å².